The molecule has 1 aromatic carbocycles. The van der Waals surface area contributed by atoms with Crippen molar-refractivity contribution in [1.82, 2.24) is 4.72 Å². The largest absolute Gasteiger partial charge is 0.384 e. The van der Waals surface area contributed by atoms with E-state index in [0.717, 1.165) is 38.6 Å². The van der Waals surface area contributed by atoms with Crippen molar-refractivity contribution in [3.05, 3.63) is 24.3 Å². The van der Waals surface area contributed by atoms with Gasteiger partial charge in [0, 0.05) is 12.6 Å². The Morgan fingerprint density at radius 3 is 2.60 bits per heavy atom. The van der Waals surface area contributed by atoms with Gasteiger partial charge >= 0.3 is 0 Å². The van der Waals surface area contributed by atoms with E-state index >= 15 is 0 Å². The van der Waals surface area contributed by atoms with E-state index in [4.69, 9.17) is 5.73 Å². The van der Waals surface area contributed by atoms with Gasteiger partial charge in [-0.25, -0.2) is 13.1 Å². The molecule has 0 saturated heterocycles. The van der Waals surface area contributed by atoms with Crippen molar-refractivity contribution in [3.8, 4) is 0 Å². The minimum Gasteiger partial charge on any atom is -0.384 e. The first-order valence-corrected chi connectivity index (χ1v) is 8.67. The Morgan fingerprint density at radius 1 is 1.15 bits per heavy atom. The molecule has 6 heteroatoms. The van der Waals surface area contributed by atoms with Crippen molar-refractivity contribution in [2.24, 2.45) is 5.73 Å². The number of hydrogen-bond donors (Lipinski definition) is 3. The fourth-order valence-electron chi connectivity index (χ4n) is 2.00. The molecule has 1 aliphatic carbocycles. The Kier molecular flexibility index (Phi) is 5.39. The Balaban J connectivity index is 1.98. The molecule has 0 radical (unpaired) electrons. The summed E-state index contributed by atoms with van der Waals surface area (Å²) in [7, 11) is -3.41. The van der Waals surface area contributed by atoms with Gasteiger partial charge in [-0.2, -0.15) is 0 Å². The highest BCUT2D eigenvalue weighted by Crippen LogP contribution is 2.25. The number of unbranched alkanes of at least 4 members (excludes halogenated alkanes) is 2. The third-order valence-corrected chi connectivity index (χ3v) is 4.85. The molecule has 4 N–H and O–H groups in total. The van der Waals surface area contributed by atoms with Gasteiger partial charge in [-0.15, -0.1) is 0 Å². The molecular formula is C14H23N3O2S. The minimum atomic E-state index is -3.41. The fourth-order valence-corrected chi connectivity index (χ4v) is 3.49. The fraction of sp³-hybridized carbons (Fsp3) is 0.571. The summed E-state index contributed by atoms with van der Waals surface area (Å²) >= 11 is 0. The standard InChI is InChI=1S/C14H23N3O2S/c15-10-4-1-5-11-16-13-6-2-3-7-14(13)20(18,19)17-12-8-9-12/h2-3,6-7,12,16-17H,1,4-5,8-11,15H2. The van der Waals surface area contributed by atoms with Crippen LogP contribution in [-0.2, 0) is 10.0 Å². The second-order valence-corrected chi connectivity index (χ2v) is 6.85. The highest BCUT2D eigenvalue weighted by molar-refractivity contribution is 7.89. The average Bonchev–Trinajstić information content (AvgIpc) is 3.22. The van der Waals surface area contributed by atoms with Gasteiger partial charge < -0.3 is 11.1 Å². The lowest BCUT2D eigenvalue weighted by molar-refractivity contribution is 0.581. The van der Waals surface area contributed by atoms with Gasteiger partial charge in [-0.05, 0) is 44.4 Å². The van der Waals surface area contributed by atoms with Crippen LogP contribution in [0.3, 0.4) is 0 Å². The number of sulfonamides is 1. The van der Waals surface area contributed by atoms with Crippen LogP contribution in [0, 0.1) is 0 Å². The summed E-state index contributed by atoms with van der Waals surface area (Å²) in [5, 5.41) is 3.21. The van der Waals surface area contributed by atoms with E-state index in [1.807, 2.05) is 12.1 Å². The second kappa shape index (κ2) is 7.06. The number of nitrogens with two attached hydrogens (primary N) is 1. The Morgan fingerprint density at radius 2 is 1.90 bits per heavy atom. The van der Waals surface area contributed by atoms with Crippen molar-refractivity contribution in [2.45, 2.75) is 43.0 Å². The van der Waals surface area contributed by atoms with Crippen LogP contribution >= 0.6 is 0 Å². The summed E-state index contributed by atoms with van der Waals surface area (Å²) in [6.45, 7) is 1.46. The molecule has 1 saturated carbocycles. The second-order valence-electron chi connectivity index (χ2n) is 5.17. The van der Waals surface area contributed by atoms with E-state index < -0.39 is 10.0 Å². The molecule has 0 unspecified atom stereocenters. The maximum Gasteiger partial charge on any atom is 0.242 e. The number of benzene rings is 1. The van der Waals surface area contributed by atoms with Gasteiger partial charge in [-0.1, -0.05) is 18.6 Å². The first kappa shape index (κ1) is 15.3. The summed E-state index contributed by atoms with van der Waals surface area (Å²) in [5.41, 5.74) is 6.12. The normalized spacial score (nSPS) is 15.2. The molecule has 0 heterocycles. The summed E-state index contributed by atoms with van der Waals surface area (Å²) in [6.07, 6.45) is 4.92. The first-order valence-electron chi connectivity index (χ1n) is 7.19. The molecule has 1 aliphatic rings. The Hall–Kier alpha value is -1.11. The van der Waals surface area contributed by atoms with Crippen LogP contribution in [0.5, 0.6) is 0 Å². The lowest BCUT2D eigenvalue weighted by atomic mass is 10.2. The van der Waals surface area contributed by atoms with Gasteiger partial charge in [0.15, 0.2) is 0 Å². The lowest BCUT2D eigenvalue weighted by Crippen LogP contribution is -2.26. The van der Waals surface area contributed by atoms with Crippen molar-refractivity contribution in [2.75, 3.05) is 18.4 Å². The highest BCUT2D eigenvalue weighted by Gasteiger charge is 2.29. The van der Waals surface area contributed by atoms with Crippen molar-refractivity contribution >= 4 is 15.7 Å². The van der Waals surface area contributed by atoms with Gasteiger partial charge in [0.2, 0.25) is 10.0 Å². The molecule has 20 heavy (non-hydrogen) atoms. The zero-order chi connectivity index (χ0) is 14.4. The number of nitrogens with one attached hydrogen (secondary N) is 2. The lowest BCUT2D eigenvalue weighted by Gasteiger charge is -2.13. The van der Waals surface area contributed by atoms with Crippen LogP contribution in [0.2, 0.25) is 0 Å². The monoisotopic (exact) mass is 297 g/mol. The molecule has 0 atom stereocenters. The van der Waals surface area contributed by atoms with Crippen LogP contribution in [0.4, 0.5) is 5.69 Å². The van der Waals surface area contributed by atoms with Crippen LogP contribution in [0.1, 0.15) is 32.1 Å². The van der Waals surface area contributed by atoms with Crippen LogP contribution in [0.15, 0.2) is 29.2 Å². The minimum absolute atomic E-state index is 0.123. The summed E-state index contributed by atoms with van der Waals surface area (Å²) < 4.78 is 27.3. The van der Waals surface area contributed by atoms with Gasteiger partial charge in [0.05, 0.1) is 5.69 Å². The third kappa shape index (κ3) is 4.47. The maximum atomic E-state index is 12.3. The molecule has 1 fully saturated rings. The smallest absolute Gasteiger partial charge is 0.242 e. The molecule has 2 rings (SSSR count). The van der Waals surface area contributed by atoms with E-state index in [1.54, 1.807) is 12.1 Å². The van der Waals surface area contributed by atoms with E-state index in [0.29, 0.717) is 17.1 Å². The predicted molar refractivity (Wildman–Crippen MR) is 81.2 cm³/mol. The SMILES string of the molecule is NCCCCCNc1ccccc1S(=O)(=O)NC1CC1. The van der Waals surface area contributed by atoms with Crippen LogP contribution in [-0.4, -0.2) is 27.5 Å². The highest BCUT2D eigenvalue weighted by atomic mass is 32.2. The molecule has 0 amide bonds. The van der Waals surface area contributed by atoms with E-state index in [2.05, 4.69) is 10.0 Å². The average molecular weight is 297 g/mol. The zero-order valence-corrected chi connectivity index (χ0v) is 12.5. The molecule has 112 valence electrons. The number of anilines is 1. The summed E-state index contributed by atoms with van der Waals surface area (Å²) in [5.74, 6) is 0. The molecule has 0 spiro atoms. The molecular weight excluding hydrogens is 274 g/mol. The first-order chi connectivity index (χ1) is 9.63. The molecule has 0 bridgehead atoms. The van der Waals surface area contributed by atoms with Gasteiger partial charge in [0.1, 0.15) is 4.90 Å². The number of hydrogen-bond acceptors (Lipinski definition) is 4. The quantitative estimate of drug-likeness (QED) is 0.605. The van der Waals surface area contributed by atoms with Crippen LogP contribution in [0.25, 0.3) is 0 Å². The topological polar surface area (TPSA) is 84.2 Å². The predicted octanol–water partition coefficient (Wildman–Crippen LogP) is 1.67. The molecule has 1 aromatic rings. The van der Waals surface area contributed by atoms with Crippen molar-refractivity contribution < 1.29 is 8.42 Å². The van der Waals surface area contributed by atoms with E-state index in [1.165, 1.54) is 0 Å². The Labute approximate surface area is 121 Å². The van der Waals surface area contributed by atoms with E-state index in [9.17, 15) is 8.42 Å². The molecule has 5 nitrogen and oxygen atoms in total. The van der Waals surface area contributed by atoms with Gasteiger partial charge in [-0.3, -0.25) is 0 Å². The number of rotatable bonds is 9. The summed E-state index contributed by atoms with van der Waals surface area (Å²) in [4.78, 5) is 0.339. The van der Waals surface area contributed by atoms with E-state index in [-0.39, 0.29) is 6.04 Å². The maximum absolute atomic E-state index is 12.3. The summed E-state index contributed by atoms with van der Waals surface area (Å²) in [6, 6.07) is 7.18. The van der Waals surface area contributed by atoms with Crippen molar-refractivity contribution in [1.29, 1.82) is 0 Å². The van der Waals surface area contributed by atoms with Gasteiger partial charge in [0.25, 0.3) is 0 Å². The van der Waals surface area contributed by atoms with Crippen LogP contribution < -0.4 is 15.8 Å². The third-order valence-electron chi connectivity index (χ3n) is 3.27. The molecule has 0 aliphatic heterocycles. The van der Waals surface area contributed by atoms with Crippen molar-refractivity contribution in [3.63, 3.8) is 0 Å². The zero-order valence-electron chi connectivity index (χ0n) is 11.6. The Bertz CT molecular complexity index is 527. The number of para-hydroxylation sites is 1. The molecule has 0 aromatic heterocycles.